The molecule has 0 saturated carbocycles. The summed E-state index contributed by atoms with van der Waals surface area (Å²) in [5.41, 5.74) is 1.19. The van der Waals surface area contributed by atoms with Gasteiger partial charge in [-0.2, -0.15) is 0 Å². The molecule has 0 radical (unpaired) electrons. The molecule has 0 aliphatic carbocycles. The smallest absolute Gasteiger partial charge is 0.146 e. The number of hydrogen-bond donors (Lipinski definition) is 2. The molecule has 6 heteroatoms. The molecular formula is C26H23N3O3. The molecular weight excluding hydrogens is 402 g/mol. The fraction of sp³-hybridized carbons (Fsp3) is 0.154. The lowest BCUT2D eigenvalue weighted by Crippen LogP contribution is -2.27. The van der Waals surface area contributed by atoms with E-state index >= 15 is 0 Å². The Kier molecular flexibility index (Phi) is 6.31. The van der Waals surface area contributed by atoms with E-state index in [0.29, 0.717) is 5.82 Å². The Labute approximate surface area is 186 Å². The van der Waals surface area contributed by atoms with E-state index in [0.717, 1.165) is 33.7 Å². The van der Waals surface area contributed by atoms with Crippen LogP contribution in [0, 0.1) is 11.8 Å². The lowest BCUT2D eigenvalue weighted by atomic mass is 10.1. The van der Waals surface area contributed by atoms with Gasteiger partial charge in [0.1, 0.15) is 29.2 Å². The predicted molar refractivity (Wildman–Crippen MR) is 125 cm³/mol. The number of rotatable bonds is 6. The summed E-state index contributed by atoms with van der Waals surface area (Å²) in [4.78, 5) is 8.74. The van der Waals surface area contributed by atoms with Crippen LogP contribution in [0.3, 0.4) is 0 Å². The van der Waals surface area contributed by atoms with Crippen LogP contribution in [0.15, 0.2) is 79.1 Å². The Morgan fingerprint density at radius 1 is 0.969 bits per heavy atom. The Hall–Kier alpha value is -3.92. The van der Waals surface area contributed by atoms with Gasteiger partial charge in [-0.15, -0.1) is 0 Å². The molecule has 1 atom stereocenters. The number of hydrogen-bond acceptors (Lipinski definition) is 6. The van der Waals surface area contributed by atoms with Crippen LogP contribution in [0.1, 0.15) is 12.5 Å². The van der Waals surface area contributed by atoms with Crippen LogP contribution in [0.5, 0.6) is 11.5 Å². The molecule has 0 saturated heterocycles. The minimum Gasteiger partial charge on any atom is -0.457 e. The Balaban J connectivity index is 1.56. The normalized spacial score (nSPS) is 12.5. The lowest BCUT2D eigenvalue weighted by molar-refractivity contribution is 0.0274. The van der Waals surface area contributed by atoms with Crippen molar-refractivity contribution in [2.45, 2.75) is 12.5 Å². The van der Waals surface area contributed by atoms with Gasteiger partial charge in [-0.3, -0.25) is 0 Å². The van der Waals surface area contributed by atoms with Crippen LogP contribution >= 0.6 is 0 Å². The van der Waals surface area contributed by atoms with Crippen molar-refractivity contribution in [1.82, 2.24) is 9.97 Å². The van der Waals surface area contributed by atoms with E-state index in [1.54, 1.807) is 6.92 Å². The summed E-state index contributed by atoms with van der Waals surface area (Å²) >= 11 is 0. The van der Waals surface area contributed by atoms with E-state index in [9.17, 15) is 5.11 Å². The molecule has 1 heterocycles. The van der Waals surface area contributed by atoms with Crippen molar-refractivity contribution >= 4 is 22.4 Å². The first kappa shape index (κ1) is 21.3. The molecule has 1 unspecified atom stereocenters. The number of methoxy groups -OCH3 is 1. The topological polar surface area (TPSA) is 76.5 Å². The number of nitrogens with one attached hydrogen (secondary N) is 1. The van der Waals surface area contributed by atoms with Crippen molar-refractivity contribution in [3.05, 3.63) is 84.7 Å². The maximum atomic E-state index is 10.2. The summed E-state index contributed by atoms with van der Waals surface area (Å²) in [6.45, 7) is 1.75. The maximum absolute atomic E-state index is 10.2. The predicted octanol–water partition coefficient (Wildman–Crippen LogP) is 4.91. The molecule has 32 heavy (non-hydrogen) atoms. The molecule has 2 N–H and O–H groups in total. The number of nitrogens with zero attached hydrogens (tertiary/aromatic N) is 2. The third-order valence-corrected chi connectivity index (χ3v) is 4.63. The highest BCUT2D eigenvalue weighted by Gasteiger charge is 2.15. The third kappa shape index (κ3) is 5.41. The standard InChI is InChI=1S/C26H23N3O3/c1-26(30,17-31-2)15-14-19-8-13-24-23(16-19)25(28-18-27-24)29-20-9-11-22(12-10-20)32-21-6-4-3-5-7-21/h3-13,16,18,30H,17H2,1-2H3,(H,27,28,29). The zero-order valence-corrected chi connectivity index (χ0v) is 17.9. The zero-order valence-electron chi connectivity index (χ0n) is 17.9. The molecule has 160 valence electrons. The highest BCUT2D eigenvalue weighted by atomic mass is 16.5. The highest BCUT2D eigenvalue weighted by Crippen LogP contribution is 2.27. The van der Waals surface area contributed by atoms with Crippen molar-refractivity contribution in [1.29, 1.82) is 0 Å². The van der Waals surface area contributed by atoms with E-state index in [1.165, 1.54) is 13.4 Å². The van der Waals surface area contributed by atoms with E-state index in [4.69, 9.17) is 9.47 Å². The van der Waals surface area contributed by atoms with Crippen molar-refractivity contribution in [2.24, 2.45) is 0 Å². The average Bonchev–Trinajstić information content (AvgIpc) is 2.80. The second-order valence-electron chi connectivity index (χ2n) is 7.48. The van der Waals surface area contributed by atoms with Gasteiger partial charge in [0.15, 0.2) is 0 Å². The summed E-state index contributed by atoms with van der Waals surface area (Å²) < 4.78 is 10.8. The Bertz CT molecular complexity index is 1260. The molecule has 0 bridgehead atoms. The fourth-order valence-electron chi connectivity index (χ4n) is 3.13. The number of aliphatic hydroxyl groups is 1. The number of benzene rings is 3. The first-order valence-corrected chi connectivity index (χ1v) is 10.1. The molecule has 3 aromatic carbocycles. The van der Waals surface area contributed by atoms with E-state index in [-0.39, 0.29) is 6.61 Å². The number of fused-ring (bicyclic) bond motifs is 1. The average molecular weight is 425 g/mol. The van der Waals surface area contributed by atoms with Gasteiger partial charge in [0.2, 0.25) is 0 Å². The second-order valence-corrected chi connectivity index (χ2v) is 7.48. The molecule has 0 fully saturated rings. The van der Waals surface area contributed by atoms with Crippen LogP contribution in [-0.4, -0.2) is 34.4 Å². The third-order valence-electron chi connectivity index (χ3n) is 4.63. The van der Waals surface area contributed by atoms with Crippen molar-refractivity contribution in [3.8, 4) is 23.3 Å². The first-order valence-electron chi connectivity index (χ1n) is 10.1. The fourth-order valence-corrected chi connectivity index (χ4v) is 3.13. The molecule has 0 aliphatic rings. The van der Waals surface area contributed by atoms with Gasteiger partial charge in [0.05, 0.1) is 12.1 Å². The van der Waals surface area contributed by atoms with Crippen LogP contribution in [0.25, 0.3) is 10.9 Å². The van der Waals surface area contributed by atoms with E-state index in [2.05, 4.69) is 27.1 Å². The zero-order chi connectivity index (χ0) is 22.4. The second kappa shape index (κ2) is 9.48. The molecule has 0 aliphatic heterocycles. The van der Waals surface area contributed by atoms with Gasteiger partial charge in [-0.25, -0.2) is 9.97 Å². The van der Waals surface area contributed by atoms with Gasteiger partial charge in [-0.05, 0) is 61.5 Å². The van der Waals surface area contributed by atoms with Crippen molar-refractivity contribution in [3.63, 3.8) is 0 Å². The number of anilines is 2. The minimum absolute atomic E-state index is 0.132. The molecule has 6 nitrogen and oxygen atoms in total. The van der Waals surface area contributed by atoms with Crippen molar-refractivity contribution < 1.29 is 14.6 Å². The highest BCUT2D eigenvalue weighted by molar-refractivity contribution is 5.91. The quantitative estimate of drug-likeness (QED) is 0.427. The molecule has 4 aromatic rings. The van der Waals surface area contributed by atoms with Gasteiger partial charge >= 0.3 is 0 Å². The summed E-state index contributed by atoms with van der Waals surface area (Å²) in [6.07, 6.45) is 1.52. The van der Waals surface area contributed by atoms with Crippen molar-refractivity contribution in [2.75, 3.05) is 19.0 Å². The van der Waals surface area contributed by atoms with Crippen LogP contribution in [0.4, 0.5) is 11.5 Å². The van der Waals surface area contributed by atoms with Gasteiger partial charge in [0, 0.05) is 23.7 Å². The molecule has 1 aromatic heterocycles. The summed E-state index contributed by atoms with van der Waals surface area (Å²) in [5.74, 6) is 8.04. The number of aromatic nitrogens is 2. The molecule has 4 rings (SSSR count). The Morgan fingerprint density at radius 3 is 2.47 bits per heavy atom. The van der Waals surface area contributed by atoms with E-state index in [1.807, 2.05) is 72.8 Å². The Morgan fingerprint density at radius 2 is 1.72 bits per heavy atom. The van der Waals surface area contributed by atoms with Gasteiger partial charge in [-0.1, -0.05) is 30.0 Å². The number of ether oxygens (including phenoxy) is 2. The molecule has 0 spiro atoms. The summed E-state index contributed by atoms with van der Waals surface area (Å²) in [5, 5.41) is 14.4. The minimum atomic E-state index is -1.22. The SMILES string of the molecule is COCC(C)(O)C#Cc1ccc2ncnc(Nc3ccc(Oc4ccccc4)cc3)c2c1. The lowest BCUT2D eigenvalue weighted by Gasteiger charge is -2.14. The number of para-hydroxylation sites is 1. The monoisotopic (exact) mass is 425 g/mol. The van der Waals surface area contributed by atoms with Gasteiger partial charge in [0.25, 0.3) is 0 Å². The summed E-state index contributed by atoms with van der Waals surface area (Å²) in [6, 6.07) is 22.9. The maximum Gasteiger partial charge on any atom is 0.146 e. The van der Waals surface area contributed by atoms with Crippen LogP contribution in [0.2, 0.25) is 0 Å². The van der Waals surface area contributed by atoms with Crippen LogP contribution in [-0.2, 0) is 4.74 Å². The van der Waals surface area contributed by atoms with Crippen LogP contribution < -0.4 is 10.1 Å². The van der Waals surface area contributed by atoms with E-state index < -0.39 is 5.60 Å². The van der Waals surface area contributed by atoms with Gasteiger partial charge < -0.3 is 19.9 Å². The molecule has 0 amide bonds. The summed E-state index contributed by atoms with van der Waals surface area (Å²) in [7, 11) is 1.53. The largest absolute Gasteiger partial charge is 0.457 e. The first-order chi connectivity index (χ1) is 15.5.